The van der Waals surface area contributed by atoms with Crippen LogP contribution in [0.3, 0.4) is 0 Å². The van der Waals surface area contributed by atoms with E-state index in [-0.39, 0.29) is 5.92 Å². The number of hydrogen-bond donors (Lipinski definition) is 1. The second kappa shape index (κ2) is 4.76. The van der Waals surface area contributed by atoms with Crippen LogP contribution in [-0.2, 0) is 11.2 Å². The number of carboxylic acid groups (broad SMARTS) is 1. The topological polar surface area (TPSA) is 46.5 Å². The maximum absolute atomic E-state index is 11.4. The summed E-state index contributed by atoms with van der Waals surface area (Å²) >= 11 is 0. The SMILES string of the molecule is O=C(O)[C@@H]1Oc2ccccc2C[C@@H]1c1ccccc1. The molecule has 3 nitrogen and oxygen atoms in total. The third-order valence-electron chi connectivity index (χ3n) is 3.50. The van der Waals surface area contributed by atoms with E-state index in [4.69, 9.17) is 4.74 Å². The highest BCUT2D eigenvalue weighted by Crippen LogP contribution is 2.36. The van der Waals surface area contributed by atoms with E-state index >= 15 is 0 Å². The van der Waals surface area contributed by atoms with Gasteiger partial charge in [0.15, 0.2) is 0 Å². The molecule has 2 aromatic rings. The molecule has 0 unspecified atom stereocenters. The lowest BCUT2D eigenvalue weighted by molar-refractivity contribution is -0.146. The lowest BCUT2D eigenvalue weighted by Crippen LogP contribution is -2.38. The molecule has 0 amide bonds. The van der Waals surface area contributed by atoms with Crippen LogP contribution in [0.15, 0.2) is 54.6 Å². The summed E-state index contributed by atoms with van der Waals surface area (Å²) in [5.74, 6) is -0.376. The fourth-order valence-corrected chi connectivity index (χ4v) is 2.57. The Hall–Kier alpha value is -2.29. The summed E-state index contributed by atoms with van der Waals surface area (Å²) in [6, 6.07) is 17.3. The highest BCUT2D eigenvalue weighted by molar-refractivity contribution is 5.75. The van der Waals surface area contributed by atoms with Crippen LogP contribution in [-0.4, -0.2) is 17.2 Å². The molecule has 0 radical (unpaired) electrons. The summed E-state index contributed by atoms with van der Waals surface area (Å²) in [4.78, 5) is 11.4. The summed E-state index contributed by atoms with van der Waals surface area (Å²) < 4.78 is 5.66. The fraction of sp³-hybridized carbons (Fsp3) is 0.188. The molecule has 2 atom stereocenters. The molecule has 1 aliphatic rings. The molecule has 1 heterocycles. The van der Waals surface area contributed by atoms with Crippen molar-refractivity contribution in [3.63, 3.8) is 0 Å². The minimum absolute atomic E-state index is 0.145. The van der Waals surface area contributed by atoms with Crippen LogP contribution < -0.4 is 4.74 Å². The number of fused-ring (bicyclic) bond motifs is 1. The Morgan fingerprint density at radius 1 is 1.05 bits per heavy atom. The van der Waals surface area contributed by atoms with Gasteiger partial charge in [0.25, 0.3) is 0 Å². The van der Waals surface area contributed by atoms with Crippen LogP contribution in [0.5, 0.6) is 5.75 Å². The lowest BCUT2D eigenvalue weighted by Gasteiger charge is -2.31. The monoisotopic (exact) mass is 254 g/mol. The van der Waals surface area contributed by atoms with Crippen LogP contribution in [0.2, 0.25) is 0 Å². The normalized spacial score (nSPS) is 21.3. The molecule has 0 bridgehead atoms. The molecule has 1 aliphatic heterocycles. The molecule has 1 N–H and O–H groups in total. The second-order valence-corrected chi connectivity index (χ2v) is 4.71. The smallest absolute Gasteiger partial charge is 0.345 e. The van der Waals surface area contributed by atoms with Crippen molar-refractivity contribution in [3.05, 3.63) is 65.7 Å². The highest BCUT2D eigenvalue weighted by atomic mass is 16.5. The lowest BCUT2D eigenvalue weighted by atomic mass is 9.85. The predicted octanol–water partition coefficient (Wildman–Crippen LogP) is 2.86. The second-order valence-electron chi connectivity index (χ2n) is 4.71. The maximum atomic E-state index is 11.4. The van der Waals surface area contributed by atoms with Crippen LogP contribution in [0.4, 0.5) is 0 Å². The van der Waals surface area contributed by atoms with Crippen molar-refractivity contribution >= 4 is 5.97 Å². The van der Waals surface area contributed by atoms with Gasteiger partial charge in [0, 0.05) is 5.92 Å². The largest absolute Gasteiger partial charge is 0.478 e. The van der Waals surface area contributed by atoms with E-state index in [1.165, 1.54) is 0 Å². The van der Waals surface area contributed by atoms with Gasteiger partial charge in [-0.15, -0.1) is 0 Å². The van der Waals surface area contributed by atoms with Crippen molar-refractivity contribution < 1.29 is 14.6 Å². The Kier molecular flexibility index (Phi) is 2.95. The number of rotatable bonds is 2. The van der Waals surface area contributed by atoms with E-state index in [0.717, 1.165) is 11.1 Å². The molecular weight excluding hydrogens is 240 g/mol. The summed E-state index contributed by atoms with van der Waals surface area (Å²) in [5.41, 5.74) is 2.07. The summed E-state index contributed by atoms with van der Waals surface area (Å²) in [6.45, 7) is 0. The van der Waals surface area contributed by atoms with E-state index < -0.39 is 12.1 Å². The van der Waals surface area contributed by atoms with Gasteiger partial charge in [-0.2, -0.15) is 0 Å². The molecule has 0 spiro atoms. The Balaban J connectivity index is 2.01. The number of aliphatic carboxylic acids is 1. The minimum Gasteiger partial charge on any atom is -0.478 e. The Morgan fingerprint density at radius 3 is 2.47 bits per heavy atom. The van der Waals surface area contributed by atoms with Crippen molar-refractivity contribution in [1.29, 1.82) is 0 Å². The average Bonchev–Trinajstić information content (AvgIpc) is 2.46. The van der Waals surface area contributed by atoms with Gasteiger partial charge in [0.05, 0.1) is 0 Å². The Morgan fingerprint density at radius 2 is 1.74 bits per heavy atom. The molecular formula is C16H14O3. The van der Waals surface area contributed by atoms with Crippen LogP contribution in [0.25, 0.3) is 0 Å². The summed E-state index contributed by atoms with van der Waals surface area (Å²) in [6.07, 6.45) is -0.130. The van der Waals surface area contributed by atoms with Crippen molar-refractivity contribution in [2.45, 2.75) is 18.4 Å². The maximum Gasteiger partial charge on any atom is 0.345 e. The first-order valence-electron chi connectivity index (χ1n) is 6.28. The van der Waals surface area contributed by atoms with Gasteiger partial charge in [-0.1, -0.05) is 48.5 Å². The first-order valence-corrected chi connectivity index (χ1v) is 6.28. The van der Waals surface area contributed by atoms with E-state index in [9.17, 15) is 9.90 Å². The molecule has 2 aromatic carbocycles. The molecule has 19 heavy (non-hydrogen) atoms. The first-order chi connectivity index (χ1) is 9.25. The first kappa shape index (κ1) is 11.8. The standard InChI is InChI=1S/C16H14O3/c17-16(18)15-13(11-6-2-1-3-7-11)10-12-8-4-5-9-14(12)19-15/h1-9,13,15H,10H2,(H,17,18)/t13-,15-/m1/s1. The number of carbonyl (C=O) groups is 1. The molecule has 0 saturated heterocycles. The van der Waals surface area contributed by atoms with Crippen molar-refractivity contribution in [2.24, 2.45) is 0 Å². The number of benzene rings is 2. The van der Waals surface area contributed by atoms with Crippen LogP contribution in [0, 0.1) is 0 Å². The number of para-hydroxylation sites is 1. The van der Waals surface area contributed by atoms with Gasteiger partial charge >= 0.3 is 5.97 Å². The predicted molar refractivity (Wildman–Crippen MR) is 71.4 cm³/mol. The Labute approximate surface area is 111 Å². The van der Waals surface area contributed by atoms with Crippen LogP contribution >= 0.6 is 0 Å². The molecule has 0 aromatic heterocycles. The van der Waals surface area contributed by atoms with Gasteiger partial charge in [-0.05, 0) is 23.6 Å². The molecule has 3 heteroatoms. The third kappa shape index (κ3) is 2.19. The minimum atomic E-state index is -0.914. The highest BCUT2D eigenvalue weighted by Gasteiger charge is 2.36. The van der Waals surface area contributed by atoms with E-state index in [1.54, 1.807) is 0 Å². The van der Waals surface area contributed by atoms with Crippen molar-refractivity contribution in [1.82, 2.24) is 0 Å². The number of ether oxygens (including phenoxy) is 1. The summed E-state index contributed by atoms with van der Waals surface area (Å²) in [5, 5.41) is 9.37. The van der Waals surface area contributed by atoms with Gasteiger partial charge in [-0.3, -0.25) is 0 Å². The zero-order valence-electron chi connectivity index (χ0n) is 10.3. The van der Waals surface area contributed by atoms with Crippen molar-refractivity contribution in [2.75, 3.05) is 0 Å². The van der Waals surface area contributed by atoms with E-state index in [0.29, 0.717) is 12.2 Å². The van der Waals surface area contributed by atoms with Crippen LogP contribution in [0.1, 0.15) is 17.0 Å². The van der Waals surface area contributed by atoms with Crippen molar-refractivity contribution in [3.8, 4) is 5.75 Å². The molecule has 0 aliphatic carbocycles. The van der Waals surface area contributed by atoms with Gasteiger partial charge < -0.3 is 9.84 Å². The van der Waals surface area contributed by atoms with E-state index in [2.05, 4.69) is 0 Å². The fourth-order valence-electron chi connectivity index (χ4n) is 2.57. The average molecular weight is 254 g/mol. The quantitative estimate of drug-likeness (QED) is 0.896. The molecule has 3 rings (SSSR count). The number of hydrogen-bond acceptors (Lipinski definition) is 2. The molecule has 0 saturated carbocycles. The van der Waals surface area contributed by atoms with E-state index in [1.807, 2.05) is 54.6 Å². The summed E-state index contributed by atoms with van der Waals surface area (Å²) in [7, 11) is 0. The van der Waals surface area contributed by atoms with Gasteiger partial charge in [0.1, 0.15) is 5.75 Å². The van der Waals surface area contributed by atoms with Gasteiger partial charge in [0.2, 0.25) is 6.10 Å². The molecule has 96 valence electrons. The molecule has 0 fully saturated rings. The van der Waals surface area contributed by atoms with Gasteiger partial charge in [-0.25, -0.2) is 4.79 Å². The zero-order chi connectivity index (χ0) is 13.2. The zero-order valence-corrected chi connectivity index (χ0v) is 10.3. The Bertz CT molecular complexity index is 592. The third-order valence-corrected chi connectivity index (χ3v) is 3.50. The number of carboxylic acids is 1.